The van der Waals surface area contributed by atoms with E-state index in [0.717, 1.165) is 6.07 Å². The van der Waals surface area contributed by atoms with Gasteiger partial charge in [0.1, 0.15) is 17.4 Å². The number of urea groups is 1. The average molecular weight is 688 g/mol. The number of nitrogens with one attached hydrogen (secondary N) is 4. The number of sulfone groups is 1. The quantitative estimate of drug-likeness (QED) is 0.114. The smallest absolute Gasteiger partial charge is 0.325 e. The van der Waals surface area contributed by atoms with Crippen LogP contribution in [0.15, 0.2) is 96.8 Å². The molecule has 14 heteroatoms. The summed E-state index contributed by atoms with van der Waals surface area (Å²) in [6.45, 7) is 14.2. The predicted octanol–water partition coefficient (Wildman–Crippen LogP) is 6.82. The molecular weight excluding hydrogens is 647 g/mol. The van der Waals surface area contributed by atoms with Crippen molar-refractivity contribution in [1.29, 1.82) is 0 Å². The zero-order chi connectivity index (χ0) is 35.9. The van der Waals surface area contributed by atoms with Crippen LogP contribution < -0.4 is 26.0 Å². The second-order valence-electron chi connectivity index (χ2n) is 11.2. The standard InChI is InChI=1S/C29H33F2N5O5S.C5H7F/c1-19(42(39,40)29(2,3)4)18-32-13-14-34-26-17-23(11-12-33-26)41-25-10-9-22(16-24(25)31)35-28(38)36-27(37)15-20-5-7-21(30)8-6-20;1-3-4-5(2)6/h5-12,16-17,32H,1,13-15,18H2,2-4H3,(H,33,34)(H2,35,36,37,38);3-4H,1H2,2H3/b;5-4+. The fourth-order valence-electron chi connectivity index (χ4n) is 3.68. The zero-order valence-electron chi connectivity index (χ0n) is 27.2. The number of imide groups is 1. The van der Waals surface area contributed by atoms with Crippen LogP contribution in [-0.4, -0.2) is 49.7 Å². The summed E-state index contributed by atoms with van der Waals surface area (Å²) < 4.78 is 68.6. The molecule has 3 aromatic rings. The molecule has 10 nitrogen and oxygen atoms in total. The lowest BCUT2D eigenvalue weighted by molar-refractivity contribution is -0.119. The number of halogens is 3. The first-order valence-electron chi connectivity index (χ1n) is 14.6. The van der Waals surface area contributed by atoms with Crippen molar-refractivity contribution in [1.82, 2.24) is 15.6 Å². The summed E-state index contributed by atoms with van der Waals surface area (Å²) in [6.07, 6.45) is 4.06. The number of allylic oxidation sites excluding steroid dienone is 3. The molecule has 0 saturated carbocycles. The number of hydrogen-bond acceptors (Lipinski definition) is 8. The van der Waals surface area contributed by atoms with E-state index in [2.05, 4.69) is 39.4 Å². The van der Waals surface area contributed by atoms with Crippen LogP contribution in [-0.2, 0) is 21.1 Å². The Balaban J connectivity index is 0.00000122. The van der Waals surface area contributed by atoms with E-state index in [-0.39, 0.29) is 35.1 Å². The van der Waals surface area contributed by atoms with Gasteiger partial charge in [-0.2, -0.15) is 0 Å². The molecule has 0 unspecified atom stereocenters. The minimum absolute atomic E-state index is 0.0921. The van der Waals surface area contributed by atoms with E-state index in [1.54, 1.807) is 26.8 Å². The van der Waals surface area contributed by atoms with Gasteiger partial charge in [0.05, 0.1) is 21.9 Å². The number of aromatic nitrogens is 1. The van der Waals surface area contributed by atoms with Crippen LogP contribution >= 0.6 is 0 Å². The maximum Gasteiger partial charge on any atom is 0.325 e. The molecule has 0 spiro atoms. The SMILES string of the molecule is C=C(CNCCNc1cc(Oc2ccc(NC(=O)NC(=O)Cc3ccc(F)cc3)cc2F)ccn1)S(=O)(=O)C(C)(C)C.C=C/C=C(\C)F. The van der Waals surface area contributed by atoms with Crippen molar-refractivity contribution < 1.29 is 35.9 Å². The highest BCUT2D eigenvalue weighted by Gasteiger charge is 2.31. The fraction of sp³-hybridized carbons (Fsp3) is 0.265. The third-order valence-electron chi connectivity index (χ3n) is 6.14. The number of nitrogens with zero attached hydrogens (tertiary/aromatic N) is 1. The van der Waals surface area contributed by atoms with E-state index in [9.17, 15) is 31.2 Å². The van der Waals surface area contributed by atoms with Crippen LogP contribution in [0, 0.1) is 11.6 Å². The van der Waals surface area contributed by atoms with E-state index < -0.39 is 38.2 Å². The molecule has 258 valence electrons. The van der Waals surface area contributed by atoms with E-state index >= 15 is 0 Å². The first-order valence-corrected chi connectivity index (χ1v) is 16.1. The van der Waals surface area contributed by atoms with Crippen molar-refractivity contribution >= 4 is 33.3 Å². The summed E-state index contributed by atoms with van der Waals surface area (Å²) in [6, 6.07) is 11.3. The Morgan fingerprint density at radius 3 is 2.29 bits per heavy atom. The Morgan fingerprint density at radius 2 is 1.71 bits per heavy atom. The zero-order valence-corrected chi connectivity index (χ0v) is 28.0. The summed E-state index contributed by atoms with van der Waals surface area (Å²) in [5.41, 5.74) is 0.616. The van der Waals surface area contributed by atoms with Gasteiger partial charge in [-0.25, -0.2) is 31.4 Å². The lowest BCUT2D eigenvalue weighted by atomic mass is 10.1. The van der Waals surface area contributed by atoms with E-state index in [4.69, 9.17) is 4.74 Å². The van der Waals surface area contributed by atoms with Crippen LogP contribution in [0.3, 0.4) is 0 Å². The van der Waals surface area contributed by atoms with Gasteiger partial charge in [-0.1, -0.05) is 31.4 Å². The van der Waals surface area contributed by atoms with Crippen molar-refractivity contribution in [2.45, 2.75) is 38.9 Å². The van der Waals surface area contributed by atoms with Gasteiger partial charge in [-0.05, 0) is 69.7 Å². The Kier molecular flexibility index (Phi) is 15.0. The van der Waals surface area contributed by atoms with Gasteiger partial charge < -0.3 is 20.7 Å². The van der Waals surface area contributed by atoms with Gasteiger partial charge >= 0.3 is 6.03 Å². The molecule has 0 bridgehead atoms. The number of pyridine rings is 1. The summed E-state index contributed by atoms with van der Waals surface area (Å²) in [5, 5.41) is 10.6. The second kappa shape index (κ2) is 18.4. The number of benzene rings is 2. The molecule has 2 aromatic carbocycles. The van der Waals surface area contributed by atoms with Crippen LogP contribution in [0.1, 0.15) is 33.3 Å². The van der Waals surface area contributed by atoms with Gasteiger partial charge in [0.25, 0.3) is 0 Å². The molecule has 1 aromatic heterocycles. The van der Waals surface area contributed by atoms with E-state index in [0.29, 0.717) is 30.2 Å². The van der Waals surface area contributed by atoms with Crippen molar-refractivity contribution in [2.24, 2.45) is 0 Å². The highest BCUT2D eigenvalue weighted by molar-refractivity contribution is 7.96. The summed E-state index contributed by atoms with van der Waals surface area (Å²) in [5.74, 6) is -1.36. The molecule has 0 radical (unpaired) electrons. The monoisotopic (exact) mass is 687 g/mol. The second-order valence-corrected chi connectivity index (χ2v) is 14.0. The molecule has 3 rings (SSSR count). The van der Waals surface area contributed by atoms with Crippen molar-refractivity contribution in [3.63, 3.8) is 0 Å². The topological polar surface area (TPSA) is 139 Å². The summed E-state index contributed by atoms with van der Waals surface area (Å²) in [7, 11) is -3.46. The van der Waals surface area contributed by atoms with Crippen molar-refractivity contribution in [2.75, 3.05) is 30.3 Å². The maximum atomic E-state index is 14.7. The summed E-state index contributed by atoms with van der Waals surface area (Å²) in [4.78, 5) is 28.5. The van der Waals surface area contributed by atoms with Crippen LogP contribution in [0.5, 0.6) is 11.5 Å². The average Bonchev–Trinajstić information content (AvgIpc) is 2.99. The molecular formula is C34H40F3N5O5S. The number of amides is 3. The fourth-order valence-corrected chi connectivity index (χ4v) is 4.84. The van der Waals surface area contributed by atoms with Crippen LogP contribution in [0.25, 0.3) is 0 Å². The van der Waals surface area contributed by atoms with E-state index in [1.807, 2.05) is 0 Å². The lowest BCUT2D eigenvalue weighted by Gasteiger charge is -2.21. The number of hydrogen-bond donors (Lipinski definition) is 4. The Morgan fingerprint density at radius 1 is 1.02 bits per heavy atom. The van der Waals surface area contributed by atoms with Gasteiger partial charge in [0, 0.05) is 43.7 Å². The molecule has 0 aliphatic heterocycles. The summed E-state index contributed by atoms with van der Waals surface area (Å²) >= 11 is 0. The van der Waals surface area contributed by atoms with Gasteiger partial charge in [-0.3, -0.25) is 10.1 Å². The molecule has 1 heterocycles. The lowest BCUT2D eigenvalue weighted by Crippen LogP contribution is -2.35. The molecule has 0 saturated heterocycles. The van der Waals surface area contributed by atoms with Crippen molar-refractivity contribution in [3.8, 4) is 11.5 Å². The third kappa shape index (κ3) is 13.4. The number of ether oxygens (including phenoxy) is 1. The van der Waals surface area contributed by atoms with Crippen LogP contribution in [0.4, 0.5) is 29.5 Å². The minimum atomic E-state index is -3.46. The molecule has 0 fully saturated rings. The van der Waals surface area contributed by atoms with Crippen LogP contribution in [0.2, 0.25) is 0 Å². The maximum absolute atomic E-state index is 14.7. The molecule has 3 amide bonds. The van der Waals surface area contributed by atoms with E-state index in [1.165, 1.54) is 67.7 Å². The molecule has 0 aliphatic carbocycles. The van der Waals surface area contributed by atoms with Gasteiger partial charge in [-0.15, -0.1) is 0 Å². The van der Waals surface area contributed by atoms with Gasteiger partial charge in [0.15, 0.2) is 21.4 Å². The predicted molar refractivity (Wildman–Crippen MR) is 182 cm³/mol. The number of anilines is 2. The molecule has 4 N–H and O–H groups in total. The first-order chi connectivity index (χ1) is 22.5. The molecule has 48 heavy (non-hydrogen) atoms. The highest BCUT2D eigenvalue weighted by atomic mass is 32.2. The largest absolute Gasteiger partial charge is 0.454 e. The van der Waals surface area contributed by atoms with Gasteiger partial charge in [0.2, 0.25) is 5.91 Å². The molecule has 0 aliphatic rings. The third-order valence-corrected chi connectivity index (χ3v) is 8.66. The first kappa shape index (κ1) is 39.2. The number of carbonyl (C=O) groups excluding carboxylic acids is 2. The Labute approximate surface area is 279 Å². The Bertz CT molecular complexity index is 1720. The molecule has 0 atom stereocenters. The minimum Gasteiger partial charge on any atom is -0.454 e. The number of rotatable bonds is 13. The normalized spacial score (nSPS) is 11.4. The number of carbonyl (C=O) groups is 2. The Hall–Kier alpha value is -4.95. The van der Waals surface area contributed by atoms with Crippen molar-refractivity contribution in [3.05, 3.63) is 114 Å². The highest BCUT2D eigenvalue weighted by Crippen LogP contribution is 2.27.